The van der Waals surface area contributed by atoms with E-state index in [4.69, 9.17) is 5.73 Å². The molecule has 0 aliphatic carbocycles. The molecule has 298 valence electrons. The molecule has 14 nitrogen and oxygen atoms in total. The first kappa shape index (κ1) is 43.7. The van der Waals surface area contributed by atoms with Gasteiger partial charge in [0.25, 0.3) is 5.91 Å². The van der Waals surface area contributed by atoms with Crippen LogP contribution in [-0.4, -0.2) is 110 Å². The van der Waals surface area contributed by atoms with Gasteiger partial charge in [-0.25, -0.2) is 4.79 Å². The molecule has 8 N–H and O–H groups in total. The van der Waals surface area contributed by atoms with E-state index < -0.39 is 65.9 Å². The number of hydrogen-bond donors (Lipinski definition) is 7. The number of aliphatic carboxylic acids is 1. The molecule has 14 heteroatoms. The lowest BCUT2D eigenvalue weighted by atomic mass is 9.94. The second kappa shape index (κ2) is 21.3. The largest absolute Gasteiger partial charge is 0.508 e. The number of phenols is 2. The zero-order valence-electron chi connectivity index (χ0n) is 31.9. The summed E-state index contributed by atoms with van der Waals surface area (Å²) in [7, 11) is 1.47. The van der Waals surface area contributed by atoms with E-state index in [9.17, 15) is 44.4 Å². The van der Waals surface area contributed by atoms with Gasteiger partial charge in [0.1, 0.15) is 41.8 Å². The molecule has 0 saturated carbocycles. The van der Waals surface area contributed by atoms with Crippen molar-refractivity contribution in [3.05, 3.63) is 59.7 Å². The number of benzene rings is 2. The van der Waals surface area contributed by atoms with Gasteiger partial charge < -0.3 is 46.6 Å². The average molecular weight is 754 g/mol. The summed E-state index contributed by atoms with van der Waals surface area (Å²) in [5, 5.41) is 45.4. The fourth-order valence-corrected chi connectivity index (χ4v) is 6.87. The van der Waals surface area contributed by atoms with Crippen molar-refractivity contribution < 1.29 is 44.4 Å². The summed E-state index contributed by atoms with van der Waals surface area (Å²) in [6.07, 6.45) is 4.94. The van der Waals surface area contributed by atoms with Crippen LogP contribution in [0.25, 0.3) is 0 Å². The van der Waals surface area contributed by atoms with E-state index >= 15 is 0 Å². The Balaban J connectivity index is 1.82. The Morgan fingerprint density at radius 1 is 0.870 bits per heavy atom. The third-order valence-electron chi connectivity index (χ3n) is 10.3. The smallest absolute Gasteiger partial charge is 0.326 e. The van der Waals surface area contributed by atoms with Crippen LogP contribution >= 0.6 is 0 Å². The maximum absolute atomic E-state index is 14.4. The zero-order chi connectivity index (χ0) is 39.9. The number of aromatic hydroxyl groups is 2. The molecule has 7 atom stereocenters. The Hall–Kier alpha value is -4.69. The number of unbranched alkanes of at least 4 members (excludes halogenated alkanes) is 4. The predicted octanol–water partition coefficient (Wildman–Crippen LogP) is 2.85. The van der Waals surface area contributed by atoms with Gasteiger partial charge in [0.2, 0.25) is 17.7 Å². The number of aliphatic hydroxyl groups excluding tert-OH is 1. The highest BCUT2D eigenvalue weighted by Crippen LogP contribution is 2.25. The van der Waals surface area contributed by atoms with E-state index in [1.165, 1.54) is 41.1 Å². The topological polar surface area (TPSA) is 223 Å². The highest BCUT2D eigenvalue weighted by Gasteiger charge is 2.43. The molecule has 1 fully saturated rings. The quantitative estimate of drug-likeness (QED) is 0.0924. The molecule has 1 aliphatic heterocycles. The van der Waals surface area contributed by atoms with E-state index in [1.54, 1.807) is 24.3 Å². The first-order valence-corrected chi connectivity index (χ1v) is 19.1. The molecular weight excluding hydrogens is 694 g/mol. The number of nitrogens with one attached hydrogen (secondary N) is 2. The molecule has 0 unspecified atom stereocenters. The lowest BCUT2D eigenvalue weighted by Gasteiger charge is -2.38. The normalized spacial score (nSPS) is 17.4. The van der Waals surface area contributed by atoms with Crippen LogP contribution in [0.1, 0.15) is 89.7 Å². The van der Waals surface area contributed by atoms with E-state index in [0.717, 1.165) is 32.1 Å². The number of likely N-dealkylation sites (N-methyl/N-ethyl adjacent to an activating group) is 1. The van der Waals surface area contributed by atoms with Gasteiger partial charge in [0, 0.05) is 32.5 Å². The monoisotopic (exact) mass is 753 g/mol. The van der Waals surface area contributed by atoms with Crippen LogP contribution in [0.5, 0.6) is 11.5 Å². The highest BCUT2D eigenvalue weighted by molar-refractivity contribution is 5.96. The van der Waals surface area contributed by atoms with Crippen molar-refractivity contribution in [1.29, 1.82) is 0 Å². The first-order valence-electron chi connectivity index (χ1n) is 19.1. The van der Waals surface area contributed by atoms with Crippen LogP contribution in [0.4, 0.5) is 0 Å². The van der Waals surface area contributed by atoms with E-state index in [2.05, 4.69) is 17.6 Å². The molecular formula is C40H59N5O9. The number of amides is 4. The van der Waals surface area contributed by atoms with Gasteiger partial charge in [-0.3, -0.25) is 19.2 Å². The van der Waals surface area contributed by atoms with Crippen molar-refractivity contribution >= 4 is 29.6 Å². The molecule has 1 heterocycles. The molecule has 0 bridgehead atoms. The maximum atomic E-state index is 14.4. The second-order valence-corrected chi connectivity index (χ2v) is 14.5. The molecule has 2 aromatic rings. The van der Waals surface area contributed by atoms with Gasteiger partial charge in [0.05, 0.1) is 0 Å². The Labute approximate surface area is 318 Å². The van der Waals surface area contributed by atoms with Crippen molar-refractivity contribution in [2.24, 2.45) is 11.7 Å². The number of carbonyl (C=O) groups is 5. The number of carbonyl (C=O) groups excluding carboxylic acids is 4. The number of carboxylic acids is 1. The molecule has 2 aromatic carbocycles. The van der Waals surface area contributed by atoms with E-state index in [-0.39, 0.29) is 36.8 Å². The summed E-state index contributed by atoms with van der Waals surface area (Å²) in [5.74, 6) is -4.12. The van der Waals surface area contributed by atoms with Crippen molar-refractivity contribution in [2.75, 3.05) is 13.6 Å². The number of carboxylic acid groups (broad SMARTS) is 1. The lowest BCUT2D eigenvalue weighted by Crippen LogP contribution is -2.60. The highest BCUT2D eigenvalue weighted by atomic mass is 16.4. The minimum atomic E-state index is -1.57. The van der Waals surface area contributed by atoms with Crippen molar-refractivity contribution in [3.8, 4) is 11.5 Å². The summed E-state index contributed by atoms with van der Waals surface area (Å²) < 4.78 is 0. The van der Waals surface area contributed by atoms with Gasteiger partial charge in [-0.05, 0) is 60.6 Å². The van der Waals surface area contributed by atoms with Crippen LogP contribution in [0.3, 0.4) is 0 Å². The Morgan fingerprint density at radius 2 is 1.43 bits per heavy atom. The van der Waals surface area contributed by atoms with E-state index in [0.29, 0.717) is 36.8 Å². The average Bonchev–Trinajstić information content (AvgIpc) is 3.65. The Morgan fingerprint density at radius 3 is 1.96 bits per heavy atom. The second-order valence-electron chi connectivity index (χ2n) is 14.5. The first-order chi connectivity index (χ1) is 25.7. The molecule has 0 aromatic heterocycles. The standard InChI is InChI=1S/C40H59N5O9/c1-5-7-8-9-10-12-30(41)35(48)37(50)42-31(23-26-14-18-28(46)19-15-26)38(51)44(4)34(25(3)6-2)39(52)45-22-11-13-33(45)36(49)43-32(40(53)54)24-27-16-20-29(47)21-17-27/h14-21,25,30-35,46-48H,5-13,22-24,41H2,1-4H3,(H,42,50)(H,43,49)(H,53,54)/t25-,30-,31+,32+,33+,34+,35+/m1/s1. The Kier molecular flexibility index (Phi) is 17.2. The maximum Gasteiger partial charge on any atom is 0.326 e. The number of rotatable bonds is 21. The van der Waals surface area contributed by atoms with Gasteiger partial charge in [-0.1, -0.05) is 83.6 Å². The third kappa shape index (κ3) is 12.4. The van der Waals surface area contributed by atoms with Crippen molar-refractivity contribution in [1.82, 2.24) is 20.4 Å². The molecule has 1 aliphatic rings. The van der Waals surface area contributed by atoms with Gasteiger partial charge in [-0.2, -0.15) is 0 Å². The number of hydrogen-bond acceptors (Lipinski definition) is 9. The van der Waals surface area contributed by atoms with E-state index in [1.807, 2.05) is 13.8 Å². The number of nitrogens with zero attached hydrogens (tertiary/aromatic N) is 2. The fraction of sp³-hybridized carbons (Fsp3) is 0.575. The van der Waals surface area contributed by atoms with Crippen molar-refractivity contribution in [2.45, 2.75) is 128 Å². The zero-order valence-corrected chi connectivity index (χ0v) is 31.9. The van der Waals surface area contributed by atoms with Crippen LogP contribution in [0, 0.1) is 5.92 Å². The minimum absolute atomic E-state index is 0.0120. The van der Waals surface area contributed by atoms with Gasteiger partial charge in [0.15, 0.2) is 0 Å². The van der Waals surface area contributed by atoms with Gasteiger partial charge >= 0.3 is 5.97 Å². The Bertz CT molecular complexity index is 1540. The number of nitrogens with two attached hydrogens (primary N) is 1. The molecule has 0 radical (unpaired) electrons. The SMILES string of the molecule is CCCCCCC[C@@H](N)[C@H](O)C(=O)N[C@@H](Cc1ccc(O)cc1)C(=O)N(C)[C@H](C(=O)N1CCC[C@H]1C(=O)N[C@@H](Cc1ccc(O)cc1)C(=O)O)[C@H](C)CC. The summed E-state index contributed by atoms with van der Waals surface area (Å²) in [4.78, 5) is 70.5. The molecule has 54 heavy (non-hydrogen) atoms. The van der Waals surface area contributed by atoms with Crippen molar-refractivity contribution in [3.63, 3.8) is 0 Å². The minimum Gasteiger partial charge on any atom is -0.508 e. The molecule has 3 rings (SSSR count). The number of phenolic OH excluding ortho intramolecular Hbond substituents is 2. The third-order valence-corrected chi connectivity index (χ3v) is 10.3. The molecule has 4 amide bonds. The predicted molar refractivity (Wildman–Crippen MR) is 203 cm³/mol. The van der Waals surface area contributed by atoms with Crippen LogP contribution in [0.15, 0.2) is 48.5 Å². The van der Waals surface area contributed by atoms with Crippen LogP contribution < -0.4 is 16.4 Å². The summed E-state index contributed by atoms with van der Waals surface area (Å²) in [6.45, 7) is 6.01. The van der Waals surface area contributed by atoms with Gasteiger partial charge in [-0.15, -0.1) is 0 Å². The van der Waals surface area contributed by atoms with Crippen LogP contribution in [-0.2, 0) is 36.8 Å². The number of likely N-dealkylation sites (tertiary alicyclic amines) is 1. The molecule has 0 spiro atoms. The van der Waals surface area contributed by atoms with Crippen LogP contribution in [0.2, 0.25) is 0 Å². The summed E-state index contributed by atoms with van der Waals surface area (Å²) in [5.41, 5.74) is 7.39. The molecule has 1 saturated heterocycles. The number of aliphatic hydroxyl groups is 1. The summed E-state index contributed by atoms with van der Waals surface area (Å²) >= 11 is 0. The summed E-state index contributed by atoms with van der Waals surface area (Å²) in [6, 6.07) is 6.74. The fourth-order valence-electron chi connectivity index (χ4n) is 6.87. The lowest BCUT2D eigenvalue weighted by molar-refractivity contribution is -0.151.